The van der Waals surface area contributed by atoms with Crippen molar-refractivity contribution in [3.8, 4) is 0 Å². The van der Waals surface area contributed by atoms with Crippen LogP contribution in [0.4, 0.5) is 0 Å². The summed E-state index contributed by atoms with van der Waals surface area (Å²) in [5.41, 5.74) is 0. The van der Waals surface area contributed by atoms with Crippen LogP contribution < -0.4 is 4.35 Å². The van der Waals surface area contributed by atoms with Crippen LogP contribution in [0.5, 0.6) is 0 Å². The van der Waals surface area contributed by atoms with Gasteiger partial charge in [0.25, 0.3) is 0 Å². The zero-order chi connectivity index (χ0) is 9.03. The Morgan fingerprint density at radius 3 is 2.42 bits per heavy atom. The van der Waals surface area contributed by atoms with Crippen molar-refractivity contribution < 1.29 is 16.6 Å². The Balaban J connectivity index is 2.90. The van der Waals surface area contributed by atoms with Crippen molar-refractivity contribution in [3.63, 3.8) is 0 Å². The molecule has 1 aromatic carbocycles. The molecule has 66 valence electrons. The average molecular weight is 232 g/mol. The maximum absolute atomic E-state index is 11.3. The van der Waals surface area contributed by atoms with Gasteiger partial charge in [0.15, 0.2) is 0 Å². The molecule has 1 aromatic rings. The Morgan fingerprint density at radius 1 is 1.33 bits per heavy atom. The molecule has 4 nitrogen and oxygen atoms in total. The molecular weight excluding hydrogens is 223 g/mol. The molecule has 0 spiro atoms. The molecule has 1 atom stereocenters. The fraction of sp³-hybridized carbons (Fsp3) is 0.143. The summed E-state index contributed by atoms with van der Waals surface area (Å²) in [7, 11) is 1.20. The molecule has 0 saturated carbocycles. The quantitative estimate of drug-likeness (QED) is 0.446. The predicted molar refractivity (Wildman–Crippen MR) is 42.8 cm³/mol. The van der Waals surface area contributed by atoms with Crippen LogP contribution in [-0.4, -0.2) is 25.4 Å². The van der Waals surface area contributed by atoms with Crippen molar-refractivity contribution in [1.82, 2.24) is 0 Å². The summed E-state index contributed by atoms with van der Waals surface area (Å²) in [5, 5.41) is 0. The zero-order valence-electron chi connectivity index (χ0n) is 6.51. The molecule has 1 unspecified atom stereocenters. The van der Waals surface area contributed by atoms with Crippen LogP contribution in [0.1, 0.15) is 0 Å². The predicted octanol–water partition coefficient (Wildman–Crippen LogP) is -0.167. The van der Waals surface area contributed by atoms with Crippen LogP contribution >= 0.6 is 0 Å². The molecule has 0 aliphatic rings. The molecule has 1 N–H and O–H groups in total. The van der Waals surface area contributed by atoms with Crippen LogP contribution in [0.2, 0.25) is 0 Å². The molecule has 0 bridgehead atoms. The van der Waals surface area contributed by atoms with E-state index in [4.69, 9.17) is 0 Å². The summed E-state index contributed by atoms with van der Waals surface area (Å²) in [6, 6.07) is 8.14. The molecule has 0 heterocycles. The molecule has 12 heavy (non-hydrogen) atoms. The van der Waals surface area contributed by atoms with Gasteiger partial charge in [0.05, 0.1) is 0 Å². The molecule has 0 saturated heterocycles. The Morgan fingerprint density at radius 2 is 1.92 bits per heavy atom. The van der Waals surface area contributed by atoms with Gasteiger partial charge in [0.1, 0.15) is 0 Å². The van der Waals surface area contributed by atoms with Crippen molar-refractivity contribution in [2.75, 3.05) is 7.11 Å². The van der Waals surface area contributed by atoms with Crippen molar-refractivity contribution in [1.29, 1.82) is 0 Å². The van der Waals surface area contributed by atoms with Gasteiger partial charge in [-0.3, -0.25) is 0 Å². The Kier molecular flexibility index (Phi) is 3.11. The van der Waals surface area contributed by atoms with Crippen molar-refractivity contribution in [2.45, 2.75) is 0 Å². The van der Waals surface area contributed by atoms with Gasteiger partial charge in [-0.05, 0) is 0 Å². The van der Waals surface area contributed by atoms with Crippen molar-refractivity contribution in [2.24, 2.45) is 0 Å². The number of rotatable bonds is 3. The molecule has 0 amide bonds. The fourth-order valence-electron chi connectivity index (χ4n) is 0.760. The SMILES string of the molecule is COO[As](=O)(O)c1ccccc1. The van der Waals surface area contributed by atoms with Crippen LogP contribution in [-0.2, 0) is 12.5 Å². The first-order valence-electron chi connectivity index (χ1n) is 3.27. The van der Waals surface area contributed by atoms with E-state index in [1.165, 1.54) is 19.2 Å². The first-order valence-corrected chi connectivity index (χ1v) is 6.58. The van der Waals surface area contributed by atoms with E-state index in [0.29, 0.717) is 0 Å². The van der Waals surface area contributed by atoms with E-state index in [1.807, 2.05) is 0 Å². The monoisotopic (exact) mass is 232 g/mol. The summed E-state index contributed by atoms with van der Waals surface area (Å²) in [6.45, 7) is 0. The average Bonchev–Trinajstić information content (AvgIpc) is 2.06. The van der Waals surface area contributed by atoms with Crippen molar-refractivity contribution in [3.05, 3.63) is 30.3 Å². The molecule has 0 fully saturated rings. The van der Waals surface area contributed by atoms with Crippen LogP contribution in [0.15, 0.2) is 30.3 Å². The minimum absolute atomic E-state index is 0.275. The number of hydrogen-bond acceptors (Lipinski definition) is 3. The van der Waals surface area contributed by atoms with Crippen LogP contribution in [0.3, 0.4) is 0 Å². The summed E-state index contributed by atoms with van der Waals surface area (Å²) < 4.78 is 25.1. The third-order valence-corrected chi connectivity index (χ3v) is 3.99. The second-order valence-corrected chi connectivity index (χ2v) is 5.68. The molecule has 5 heteroatoms. The molecule has 0 aliphatic heterocycles. The minimum atomic E-state index is -4.39. The zero-order valence-corrected chi connectivity index (χ0v) is 8.38. The van der Waals surface area contributed by atoms with E-state index in [0.717, 1.165) is 0 Å². The molecule has 1 rings (SSSR count). The van der Waals surface area contributed by atoms with E-state index in [-0.39, 0.29) is 4.35 Å². The maximum atomic E-state index is 11.3. The van der Waals surface area contributed by atoms with E-state index in [1.54, 1.807) is 18.2 Å². The molecule has 0 aromatic heterocycles. The van der Waals surface area contributed by atoms with Crippen LogP contribution in [0.25, 0.3) is 0 Å². The number of hydrogen-bond donors (Lipinski definition) is 1. The van der Waals surface area contributed by atoms with Crippen molar-refractivity contribution >= 4 is 18.5 Å². The second-order valence-electron chi connectivity index (χ2n) is 2.10. The third kappa shape index (κ3) is 2.22. The normalized spacial score (nSPS) is 15.5. The van der Waals surface area contributed by atoms with E-state index in [9.17, 15) is 7.84 Å². The summed E-state index contributed by atoms with van der Waals surface area (Å²) in [5.74, 6) is 0. The summed E-state index contributed by atoms with van der Waals surface area (Å²) >= 11 is -4.39. The fourth-order valence-corrected chi connectivity index (χ4v) is 2.52. The first kappa shape index (κ1) is 9.55. The Hall–Kier alpha value is -0.542. The van der Waals surface area contributed by atoms with Gasteiger partial charge in [0.2, 0.25) is 0 Å². The van der Waals surface area contributed by atoms with Gasteiger partial charge in [-0.15, -0.1) is 0 Å². The van der Waals surface area contributed by atoms with Crippen LogP contribution in [0, 0.1) is 0 Å². The van der Waals surface area contributed by atoms with Gasteiger partial charge < -0.3 is 0 Å². The molecule has 0 aliphatic carbocycles. The van der Waals surface area contributed by atoms with Gasteiger partial charge in [-0.2, -0.15) is 0 Å². The standard InChI is InChI=1S/C7H9AsO4/c1-11-12-8(9,10)7-5-3-2-4-6-7/h2-6H,1H3,(H,9,10). The number of benzene rings is 1. The third-order valence-electron chi connectivity index (χ3n) is 1.26. The van der Waals surface area contributed by atoms with E-state index < -0.39 is 14.2 Å². The molecule has 0 radical (unpaired) electrons. The van der Waals surface area contributed by atoms with Gasteiger partial charge in [-0.25, -0.2) is 0 Å². The van der Waals surface area contributed by atoms with Gasteiger partial charge >= 0.3 is 72.6 Å². The second kappa shape index (κ2) is 3.92. The Bertz CT molecular complexity index is 285. The first-order chi connectivity index (χ1) is 5.67. The van der Waals surface area contributed by atoms with E-state index >= 15 is 0 Å². The summed E-state index contributed by atoms with van der Waals surface area (Å²) in [4.78, 5) is 4.17. The van der Waals surface area contributed by atoms with E-state index in [2.05, 4.69) is 8.76 Å². The Labute approximate surface area is 73.0 Å². The summed E-state index contributed by atoms with van der Waals surface area (Å²) in [6.07, 6.45) is 0. The topological polar surface area (TPSA) is 55.8 Å². The van der Waals surface area contributed by atoms with Gasteiger partial charge in [-0.1, -0.05) is 0 Å². The van der Waals surface area contributed by atoms with Gasteiger partial charge in [0, 0.05) is 0 Å². The molecular formula is C7H9AsO4.